The standard InChI is InChI=1S/C6H12O18S6/c7-25(8,9)1-2(26(10,11)12)4(28(16,17)18)6(30(22,23)24)5(29(19,20)21)3(1)27(13,14)15/h1-6H,(H,7,8,9)(H,10,11,12)(H,13,14,15)(H,16,17,18)(H,19,20,21)(H,22,23,24). The average molecular weight is 565 g/mol. The van der Waals surface area contributed by atoms with Gasteiger partial charge in [-0.1, -0.05) is 0 Å². The molecule has 0 unspecified atom stereocenters. The van der Waals surface area contributed by atoms with Gasteiger partial charge in [-0.05, 0) is 0 Å². The van der Waals surface area contributed by atoms with Gasteiger partial charge < -0.3 is 0 Å². The first kappa shape index (κ1) is 27.5. The molecule has 18 nitrogen and oxygen atoms in total. The molecular formula is C6H12O18S6. The van der Waals surface area contributed by atoms with E-state index in [1.54, 1.807) is 0 Å². The largest absolute Gasteiger partial charge is 0.285 e. The third-order valence-electron chi connectivity index (χ3n) is 4.01. The molecule has 1 aliphatic carbocycles. The molecule has 0 spiro atoms. The summed E-state index contributed by atoms with van der Waals surface area (Å²) in [6, 6.07) is 0. The van der Waals surface area contributed by atoms with E-state index in [-0.39, 0.29) is 0 Å². The molecule has 0 bridgehead atoms. The fraction of sp³-hybridized carbons (Fsp3) is 1.00. The van der Waals surface area contributed by atoms with Gasteiger partial charge in [-0.25, -0.2) is 0 Å². The second-order valence-corrected chi connectivity index (χ2v) is 15.3. The van der Waals surface area contributed by atoms with Gasteiger partial charge in [-0.3, -0.25) is 27.3 Å². The minimum atomic E-state index is -6.35. The van der Waals surface area contributed by atoms with Crippen LogP contribution in [0.2, 0.25) is 0 Å². The SMILES string of the molecule is O=S(=O)(O)C1C(S(=O)(=O)O)C(S(=O)(=O)O)C(S(=O)(=O)O)C(S(=O)(=O)O)C1S(=O)(=O)O. The Morgan fingerprint density at radius 2 is 0.333 bits per heavy atom. The van der Waals surface area contributed by atoms with Crippen LogP contribution in [0.25, 0.3) is 0 Å². The second kappa shape index (κ2) is 7.51. The van der Waals surface area contributed by atoms with Crippen molar-refractivity contribution in [3.05, 3.63) is 0 Å². The van der Waals surface area contributed by atoms with Crippen molar-refractivity contribution in [3.63, 3.8) is 0 Å². The Balaban J connectivity index is 4.51. The van der Waals surface area contributed by atoms with Gasteiger partial charge in [0.2, 0.25) is 0 Å². The van der Waals surface area contributed by atoms with E-state index in [9.17, 15) is 77.8 Å². The Labute approximate surface area is 169 Å². The topological polar surface area (TPSA) is 326 Å². The Bertz CT molecular complexity index is 1050. The second-order valence-electron chi connectivity index (χ2n) is 5.88. The van der Waals surface area contributed by atoms with Crippen molar-refractivity contribution in [2.45, 2.75) is 31.5 Å². The summed E-state index contributed by atoms with van der Waals surface area (Å²) in [6.07, 6.45) is 0. The molecule has 6 N–H and O–H groups in total. The zero-order valence-electron chi connectivity index (χ0n) is 13.5. The van der Waals surface area contributed by atoms with Crippen LogP contribution in [-0.2, 0) is 60.7 Å². The highest BCUT2D eigenvalue weighted by Crippen LogP contribution is 2.41. The monoisotopic (exact) mass is 564 g/mol. The molecule has 0 amide bonds. The van der Waals surface area contributed by atoms with Gasteiger partial charge >= 0.3 is 0 Å². The molecule has 0 saturated heterocycles. The molecule has 1 rings (SSSR count). The van der Waals surface area contributed by atoms with Gasteiger partial charge in [-0.15, -0.1) is 0 Å². The summed E-state index contributed by atoms with van der Waals surface area (Å²) in [7, 11) is -38.1. The van der Waals surface area contributed by atoms with Crippen LogP contribution >= 0.6 is 0 Å². The summed E-state index contributed by atoms with van der Waals surface area (Å²) >= 11 is 0. The summed E-state index contributed by atoms with van der Waals surface area (Å²) < 4.78 is 195. The van der Waals surface area contributed by atoms with Crippen LogP contribution in [0.4, 0.5) is 0 Å². The Kier molecular flexibility index (Phi) is 6.88. The predicted molar refractivity (Wildman–Crippen MR) is 92.0 cm³/mol. The summed E-state index contributed by atoms with van der Waals surface area (Å²) in [6.45, 7) is 0. The Hall–Kier alpha value is -0.540. The molecule has 0 atom stereocenters. The van der Waals surface area contributed by atoms with E-state index in [0.717, 1.165) is 0 Å². The maximum absolute atomic E-state index is 11.6. The van der Waals surface area contributed by atoms with E-state index in [0.29, 0.717) is 0 Å². The highest BCUT2D eigenvalue weighted by Gasteiger charge is 2.71. The highest BCUT2D eigenvalue weighted by molar-refractivity contribution is 7.97. The van der Waals surface area contributed by atoms with Crippen molar-refractivity contribution in [2.75, 3.05) is 0 Å². The molecule has 0 aromatic rings. The maximum atomic E-state index is 11.6. The zero-order valence-corrected chi connectivity index (χ0v) is 18.4. The van der Waals surface area contributed by atoms with Gasteiger partial charge in [-0.2, -0.15) is 50.5 Å². The van der Waals surface area contributed by atoms with Crippen LogP contribution in [0.1, 0.15) is 0 Å². The smallest absolute Gasteiger partial charge is 0.270 e. The van der Waals surface area contributed by atoms with Crippen LogP contribution in [0, 0.1) is 0 Å². The fourth-order valence-corrected chi connectivity index (χ4v) is 14.9. The minimum absolute atomic E-state index is 3.90. The van der Waals surface area contributed by atoms with Crippen molar-refractivity contribution in [1.29, 1.82) is 0 Å². The fourth-order valence-electron chi connectivity index (χ4n) is 3.16. The molecule has 180 valence electrons. The van der Waals surface area contributed by atoms with Gasteiger partial charge in [0.1, 0.15) is 31.5 Å². The molecule has 0 aromatic heterocycles. The normalized spacial score (nSPS) is 32.6. The van der Waals surface area contributed by atoms with E-state index < -0.39 is 92.2 Å². The van der Waals surface area contributed by atoms with Crippen LogP contribution in [0.15, 0.2) is 0 Å². The minimum Gasteiger partial charge on any atom is -0.285 e. The Morgan fingerprint density at radius 1 is 0.267 bits per heavy atom. The van der Waals surface area contributed by atoms with Crippen LogP contribution in [-0.4, -0.2) is 109 Å². The van der Waals surface area contributed by atoms with Gasteiger partial charge in [0.15, 0.2) is 0 Å². The molecule has 30 heavy (non-hydrogen) atoms. The molecule has 0 aliphatic heterocycles. The lowest BCUT2D eigenvalue weighted by Gasteiger charge is -2.43. The van der Waals surface area contributed by atoms with Gasteiger partial charge in [0.25, 0.3) is 60.7 Å². The van der Waals surface area contributed by atoms with E-state index in [4.69, 9.17) is 0 Å². The summed E-state index contributed by atoms with van der Waals surface area (Å²) in [5, 5.41) is -23.4. The summed E-state index contributed by atoms with van der Waals surface area (Å²) in [5.41, 5.74) is 0. The summed E-state index contributed by atoms with van der Waals surface area (Å²) in [5.74, 6) is 0. The van der Waals surface area contributed by atoms with Crippen LogP contribution in [0.5, 0.6) is 0 Å². The van der Waals surface area contributed by atoms with E-state index in [2.05, 4.69) is 0 Å². The van der Waals surface area contributed by atoms with E-state index in [1.165, 1.54) is 0 Å². The van der Waals surface area contributed by atoms with Crippen molar-refractivity contribution in [1.82, 2.24) is 0 Å². The highest BCUT2D eigenvalue weighted by atomic mass is 32.3. The number of rotatable bonds is 6. The van der Waals surface area contributed by atoms with Crippen molar-refractivity contribution in [2.24, 2.45) is 0 Å². The zero-order chi connectivity index (χ0) is 24.5. The lowest BCUT2D eigenvalue weighted by Crippen LogP contribution is -2.73. The van der Waals surface area contributed by atoms with Gasteiger partial charge in [0.05, 0.1) is 0 Å². The quantitative estimate of drug-likeness (QED) is 0.165. The molecule has 1 fully saturated rings. The first-order valence-electron chi connectivity index (χ1n) is 6.51. The molecule has 24 heteroatoms. The molecule has 1 aliphatic rings. The predicted octanol–water partition coefficient (Wildman–Crippen LogP) is -4.46. The van der Waals surface area contributed by atoms with Crippen molar-refractivity contribution < 1.29 is 77.8 Å². The van der Waals surface area contributed by atoms with Crippen molar-refractivity contribution >= 4 is 60.7 Å². The number of hydrogen-bond acceptors (Lipinski definition) is 12. The third kappa shape index (κ3) is 5.44. The lowest BCUT2D eigenvalue weighted by molar-refractivity contribution is 0.347. The van der Waals surface area contributed by atoms with Crippen molar-refractivity contribution in [3.8, 4) is 0 Å². The first-order valence-corrected chi connectivity index (χ1v) is 15.5. The molecule has 0 heterocycles. The average Bonchev–Trinajstić information content (AvgIpc) is 2.37. The molecule has 1 saturated carbocycles. The van der Waals surface area contributed by atoms with Crippen LogP contribution in [0.3, 0.4) is 0 Å². The Morgan fingerprint density at radius 3 is 0.367 bits per heavy atom. The lowest BCUT2D eigenvalue weighted by atomic mass is 9.97. The molecule has 0 aromatic carbocycles. The maximum Gasteiger partial charge on any atom is 0.270 e. The summed E-state index contributed by atoms with van der Waals surface area (Å²) in [4.78, 5) is 0. The molecule has 0 radical (unpaired) electrons. The van der Waals surface area contributed by atoms with E-state index >= 15 is 0 Å². The first-order chi connectivity index (χ1) is 12.7. The number of hydrogen-bond donors (Lipinski definition) is 6. The van der Waals surface area contributed by atoms with Gasteiger partial charge in [0, 0.05) is 0 Å². The van der Waals surface area contributed by atoms with Crippen LogP contribution < -0.4 is 0 Å². The molecular weight excluding hydrogens is 552 g/mol. The third-order valence-corrected chi connectivity index (χ3v) is 12.7. The van der Waals surface area contributed by atoms with E-state index in [1.807, 2.05) is 0 Å².